The first-order valence-electron chi connectivity index (χ1n) is 29.5. The number of ketones is 2. The minimum atomic E-state index is 0.0420. The second-order valence-corrected chi connectivity index (χ2v) is 26.1. The highest BCUT2D eigenvalue weighted by molar-refractivity contribution is 5.92. The Morgan fingerprint density at radius 1 is 0.544 bits per heavy atom. The Morgan fingerprint density at radius 3 is 1.51 bits per heavy atom. The quantitative estimate of drug-likeness (QED) is 0.120. The van der Waals surface area contributed by atoms with Crippen LogP contribution in [0.1, 0.15) is 235 Å². The van der Waals surface area contributed by atoms with Crippen LogP contribution in [0.2, 0.25) is 0 Å². The van der Waals surface area contributed by atoms with Crippen molar-refractivity contribution in [2.24, 2.45) is 93.7 Å². The number of carbonyl (C=O) groups excluding carboxylic acids is 4. The molecule has 7 saturated carbocycles. The summed E-state index contributed by atoms with van der Waals surface area (Å²) in [5.74, 6) is 9.67. The van der Waals surface area contributed by atoms with Gasteiger partial charge in [-0.2, -0.15) is 0 Å². The summed E-state index contributed by atoms with van der Waals surface area (Å²) in [4.78, 5) is 50.3. The fourth-order valence-electron chi connectivity index (χ4n) is 18.6. The maximum Gasteiger partial charge on any atom is 0.309 e. The molecular formula is C62H98O6. The Bertz CT molecular complexity index is 1820. The second-order valence-electron chi connectivity index (χ2n) is 26.1. The van der Waals surface area contributed by atoms with E-state index in [1.165, 1.54) is 107 Å². The van der Waals surface area contributed by atoms with E-state index in [4.69, 9.17) is 9.47 Å². The number of rotatable bonds is 15. The molecule has 16 atom stereocenters. The van der Waals surface area contributed by atoms with E-state index in [0.717, 1.165) is 83.0 Å². The minimum absolute atomic E-state index is 0.0420. The molecule has 0 N–H and O–H groups in total. The average Bonchev–Trinajstić information content (AvgIpc) is 3.80. The molecule has 0 heterocycles. The Balaban J connectivity index is 0.000000184. The fraction of sp³-hybridized carbons (Fsp3) is 0.871. The van der Waals surface area contributed by atoms with E-state index in [2.05, 4.69) is 55.4 Å². The number of fused-ring (bicyclic) bond motifs is 10. The maximum absolute atomic E-state index is 13.3. The first-order chi connectivity index (χ1) is 32.7. The molecule has 0 amide bonds. The highest BCUT2D eigenvalue weighted by Crippen LogP contribution is 2.67. The van der Waals surface area contributed by atoms with Crippen LogP contribution in [0.5, 0.6) is 0 Å². The third-order valence-electron chi connectivity index (χ3n) is 21.6. The van der Waals surface area contributed by atoms with Crippen LogP contribution in [-0.4, -0.2) is 35.7 Å². The van der Waals surface area contributed by atoms with Crippen molar-refractivity contribution in [2.45, 2.75) is 247 Å². The number of esters is 2. The van der Waals surface area contributed by atoms with Crippen LogP contribution in [0.3, 0.4) is 0 Å². The van der Waals surface area contributed by atoms with Crippen LogP contribution in [0.4, 0.5) is 0 Å². The van der Waals surface area contributed by atoms with Gasteiger partial charge in [-0.15, -0.1) is 0 Å². The fourth-order valence-corrected chi connectivity index (χ4v) is 18.6. The van der Waals surface area contributed by atoms with Crippen molar-refractivity contribution >= 4 is 23.5 Å². The Labute approximate surface area is 414 Å². The standard InChI is InChI=1S/C31H48O3.C31H50O3/c1-5-6-7-21-8-10-22(11-9-21)30(33)34-27-15-14-26-29-19(2)16-23-17-24(32)12-13-25(23)28(29)20(3)18-31(26,27)4;1-5-6-7-8-9-10-11-12-13-28(33)34-27-17-16-26-30-21(2)18-23-19-24(32)14-15-25(23)29(30)22(3)20-31(26,27)4/h17,19-22,25-29H,5-16,18H2,1-4H3;19,21-22,25-27,29-30H,5-18,20H2,1-4H3/t19-,20+,21?,22?,25?,26?,27+,28?,29?,31+;21-,22+,25?,26?,27+,29?,30?,31+/m11/s1. The van der Waals surface area contributed by atoms with E-state index in [9.17, 15) is 19.2 Å². The zero-order chi connectivity index (χ0) is 48.3. The van der Waals surface area contributed by atoms with Gasteiger partial charge in [0.05, 0.1) is 5.92 Å². The van der Waals surface area contributed by atoms with Crippen molar-refractivity contribution in [1.29, 1.82) is 0 Å². The van der Waals surface area contributed by atoms with E-state index in [1.807, 2.05) is 12.2 Å². The lowest BCUT2D eigenvalue weighted by Crippen LogP contribution is -2.54. The molecule has 8 unspecified atom stereocenters. The average molecular weight is 939 g/mol. The molecule has 0 bridgehead atoms. The van der Waals surface area contributed by atoms with Gasteiger partial charge in [0, 0.05) is 30.1 Å². The zero-order valence-electron chi connectivity index (χ0n) is 44.6. The predicted octanol–water partition coefficient (Wildman–Crippen LogP) is 15.6. The largest absolute Gasteiger partial charge is 0.462 e. The third-order valence-corrected chi connectivity index (χ3v) is 21.6. The summed E-state index contributed by atoms with van der Waals surface area (Å²) in [6.07, 6.45) is 35.9. The predicted molar refractivity (Wildman–Crippen MR) is 274 cm³/mol. The summed E-state index contributed by atoms with van der Waals surface area (Å²) in [7, 11) is 0. The van der Waals surface area contributed by atoms with Crippen molar-refractivity contribution in [3.05, 3.63) is 23.3 Å². The van der Waals surface area contributed by atoms with Gasteiger partial charge in [-0.1, -0.05) is 131 Å². The molecule has 6 heteroatoms. The van der Waals surface area contributed by atoms with Crippen molar-refractivity contribution in [3.63, 3.8) is 0 Å². The van der Waals surface area contributed by atoms with E-state index >= 15 is 0 Å². The van der Waals surface area contributed by atoms with Crippen LogP contribution in [0, 0.1) is 93.7 Å². The highest BCUT2D eigenvalue weighted by atomic mass is 16.5. The molecule has 68 heavy (non-hydrogen) atoms. The van der Waals surface area contributed by atoms with Gasteiger partial charge in [0.15, 0.2) is 11.6 Å². The SMILES string of the molecule is CCCCC1CCC(C(=O)O[C@H]2CCC3C4C(C5CCC(=O)C=C5C[C@H]4C)[C@@H](C)C[C@@]32C)CC1.CCCCCCCCCCC(=O)O[C@H]1CCC2C3C(C4CCC(=O)C=C4C[C@H]3C)[C@@H](C)C[C@@]21C. The number of hydrogen-bond donors (Lipinski definition) is 0. The van der Waals surface area contributed by atoms with Gasteiger partial charge in [-0.3, -0.25) is 19.2 Å². The summed E-state index contributed by atoms with van der Waals surface area (Å²) in [5, 5.41) is 0. The normalized spacial score (nSPS) is 42.6. The number of ether oxygens (including phenoxy) is 2. The molecule has 0 aliphatic heterocycles. The number of hydrogen-bond acceptors (Lipinski definition) is 6. The van der Waals surface area contributed by atoms with Crippen molar-refractivity contribution < 1.29 is 28.7 Å². The molecule has 0 aromatic rings. The lowest BCUT2D eigenvalue weighted by molar-refractivity contribution is -0.168. The smallest absolute Gasteiger partial charge is 0.309 e. The zero-order valence-corrected chi connectivity index (χ0v) is 44.6. The van der Waals surface area contributed by atoms with E-state index < -0.39 is 0 Å². The van der Waals surface area contributed by atoms with E-state index in [1.54, 1.807) is 0 Å². The molecule has 7 fully saturated rings. The van der Waals surface area contributed by atoms with Gasteiger partial charge in [0.1, 0.15) is 12.2 Å². The van der Waals surface area contributed by atoms with Crippen LogP contribution >= 0.6 is 0 Å². The van der Waals surface area contributed by atoms with Crippen LogP contribution in [0.25, 0.3) is 0 Å². The summed E-state index contributed by atoms with van der Waals surface area (Å²) in [6.45, 7) is 19.2. The number of allylic oxidation sites excluding steroid dienone is 2. The summed E-state index contributed by atoms with van der Waals surface area (Å²) >= 11 is 0. The molecule has 6 nitrogen and oxygen atoms in total. The van der Waals surface area contributed by atoms with Crippen molar-refractivity contribution in [1.82, 2.24) is 0 Å². The van der Waals surface area contributed by atoms with Gasteiger partial charge in [-0.05, 0) is 185 Å². The molecule has 9 aliphatic rings. The Kier molecular flexibility index (Phi) is 17.4. The van der Waals surface area contributed by atoms with Crippen molar-refractivity contribution in [3.8, 4) is 0 Å². The van der Waals surface area contributed by atoms with E-state index in [0.29, 0.717) is 89.0 Å². The molecule has 0 aromatic heterocycles. The topological polar surface area (TPSA) is 86.7 Å². The third kappa shape index (κ3) is 10.9. The lowest BCUT2D eigenvalue weighted by Gasteiger charge is -2.58. The monoisotopic (exact) mass is 939 g/mol. The first-order valence-corrected chi connectivity index (χ1v) is 29.5. The molecular weight excluding hydrogens is 841 g/mol. The summed E-state index contributed by atoms with van der Waals surface area (Å²) in [6, 6.07) is 0. The number of carbonyl (C=O) groups is 4. The van der Waals surface area contributed by atoms with Gasteiger partial charge >= 0.3 is 11.9 Å². The van der Waals surface area contributed by atoms with Crippen molar-refractivity contribution in [2.75, 3.05) is 0 Å². The van der Waals surface area contributed by atoms with Gasteiger partial charge in [0.25, 0.3) is 0 Å². The van der Waals surface area contributed by atoms with Crippen LogP contribution in [-0.2, 0) is 28.7 Å². The van der Waals surface area contributed by atoms with Crippen LogP contribution < -0.4 is 0 Å². The summed E-state index contributed by atoms with van der Waals surface area (Å²) in [5.41, 5.74) is 3.15. The molecule has 9 rings (SSSR count). The molecule has 0 aromatic carbocycles. The molecule has 9 aliphatic carbocycles. The molecule has 382 valence electrons. The van der Waals surface area contributed by atoms with Gasteiger partial charge < -0.3 is 9.47 Å². The van der Waals surface area contributed by atoms with E-state index in [-0.39, 0.29) is 40.9 Å². The molecule has 0 spiro atoms. The number of unbranched alkanes of at least 4 members (excludes halogenated alkanes) is 8. The lowest BCUT2D eigenvalue weighted by atomic mass is 9.47. The first kappa shape index (κ1) is 52.1. The maximum atomic E-state index is 13.3. The van der Waals surface area contributed by atoms with Gasteiger partial charge in [0.2, 0.25) is 0 Å². The Hall–Kier alpha value is -2.24. The molecule has 0 saturated heterocycles. The van der Waals surface area contributed by atoms with Crippen LogP contribution in [0.15, 0.2) is 23.3 Å². The second kappa shape index (κ2) is 22.7. The van der Waals surface area contributed by atoms with Gasteiger partial charge in [-0.25, -0.2) is 0 Å². The highest BCUT2D eigenvalue weighted by Gasteiger charge is 2.63. The summed E-state index contributed by atoms with van der Waals surface area (Å²) < 4.78 is 12.7. The molecule has 0 radical (unpaired) electrons. The minimum Gasteiger partial charge on any atom is -0.462 e. The Morgan fingerprint density at radius 2 is 1.01 bits per heavy atom.